The summed E-state index contributed by atoms with van der Waals surface area (Å²) in [7, 11) is -3.28. The van der Waals surface area contributed by atoms with Crippen molar-refractivity contribution in [2.24, 2.45) is 0 Å². The highest BCUT2D eigenvalue weighted by Crippen LogP contribution is 2.20. The van der Waals surface area contributed by atoms with Gasteiger partial charge in [-0.05, 0) is 17.7 Å². The summed E-state index contributed by atoms with van der Waals surface area (Å²) in [6, 6.07) is 17.1. The number of hydrogen-bond donors (Lipinski definition) is 0. The lowest BCUT2D eigenvalue weighted by Crippen LogP contribution is -2.48. The van der Waals surface area contributed by atoms with Gasteiger partial charge < -0.3 is 4.52 Å². The first-order valence-electron chi connectivity index (χ1n) is 8.69. The van der Waals surface area contributed by atoms with E-state index in [1.165, 1.54) is 0 Å². The van der Waals surface area contributed by atoms with E-state index < -0.39 is 10.0 Å². The zero-order valence-corrected chi connectivity index (χ0v) is 15.2. The molecule has 136 valence electrons. The van der Waals surface area contributed by atoms with Gasteiger partial charge in [0.05, 0.1) is 5.75 Å². The highest BCUT2D eigenvalue weighted by molar-refractivity contribution is 7.88. The van der Waals surface area contributed by atoms with Crippen molar-refractivity contribution in [2.75, 3.05) is 26.2 Å². The first kappa shape index (κ1) is 17.2. The standard InChI is InChI=1S/C19H21N3O3S/c23-26(24,15-16-6-2-1-3-7-16)22-12-10-21(11-13-22)14-18-17-8-4-5-9-19(17)25-20-18/h1-9H,10-15H2. The van der Waals surface area contributed by atoms with Crippen LogP contribution in [0.4, 0.5) is 0 Å². The maximum absolute atomic E-state index is 12.6. The zero-order chi connectivity index (χ0) is 18.0. The Bertz CT molecular complexity index is 977. The molecule has 4 rings (SSSR count). The second kappa shape index (κ2) is 7.19. The fourth-order valence-electron chi connectivity index (χ4n) is 3.31. The Labute approximate surface area is 153 Å². The van der Waals surface area contributed by atoms with Crippen LogP contribution < -0.4 is 0 Å². The van der Waals surface area contributed by atoms with E-state index in [-0.39, 0.29) is 5.75 Å². The predicted octanol–water partition coefficient (Wildman–Crippen LogP) is 2.48. The van der Waals surface area contributed by atoms with Gasteiger partial charge in [-0.25, -0.2) is 8.42 Å². The number of hydrogen-bond acceptors (Lipinski definition) is 5. The van der Waals surface area contributed by atoms with Crippen molar-refractivity contribution < 1.29 is 12.9 Å². The van der Waals surface area contributed by atoms with Gasteiger partial charge in [-0.1, -0.05) is 47.6 Å². The monoisotopic (exact) mass is 371 g/mol. The lowest BCUT2D eigenvalue weighted by molar-refractivity contribution is 0.178. The van der Waals surface area contributed by atoms with Crippen LogP contribution in [-0.2, 0) is 22.3 Å². The fourth-order valence-corrected chi connectivity index (χ4v) is 4.82. The molecular formula is C19H21N3O3S. The molecule has 1 fully saturated rings. The molecule has 6 nitrogen and oxygen atoms in total. The molecule has 26 heavy (non-hydrogen) atoms. The van der Waals surface area contributed by atoms with Crippen molar-refractivity contribution in [1.29, 1.82) is 0 Å². The van der Waals surface area contributed by atoms with E-state index in [1.807, 2.05) is 54.6 Å². The summed E-state index contributed by atoms with van der Waals surface area (Å²) in [4.78, 5) is 2.22. The molecule has 0 unspecified atom stereocenters. The van der Waals surface area contributed by atoms with Gasteiger partial charge >= 0.3 is 0 Å². The van der Waals surface area contributed by atoms with Gasteiger partial charge in [0, 0.05) is 38.1 Å². The van der Waals surface area contributed by atoms with Crippen LogP contribution in [-0.4, -0.2) is 49.0 Å². The normalized spacial score (nSPS) is 16.9. The summed E-state index contributed by atoms with van der Waals surface area (Å²) in [5, 5.41) is 5.18. The minimum absolute atomic E-state index is 0.0573. The minimum atomic E-state index is -3.28. The van der Waals surface area contributed by atoms with Crippen molar-refractivity contribution in [2.45, 2.75) is 12.3 Å². The van der Waals surface area contributed by atoms with E-state index in [0.717, 1.165) is 22.2 Å². The highest BCUT2D eigenvalue weighted by Gasteiger charge is 2.27. The van der Waals surface area contributed by atoms with E-state index in [9.17, 15) is 8.42 Å². The van der Waals surface area contributed by atoms with Gasteiger partial charge in [0.2, 0.25) is 10.0 Å². The maximum Gasteiger partial charge on any atom is 0.218 e. The van der Waals surface area contributed by atoms with Crippen LogP contribution in [0.2, 0.25) is 0 Å². The molecule has 2 heterocycles. The van der Waals surface area contributed by atoms with Crippen LogP contribution >= 0.6 is 0 Å². The molecule has 0 saturated carbocycles. The summed E-state index contributed by atoms with van der Waals surface area (Å²) >= 11 is 0. The number of para-hydroxylation sites is 1. The van der Waals surface area contributed by atoms with Crippen LogP contribution in [0.3, 0.4) is 0 Å². The Morgan fingerprint density at radius 1 is 0.923 bits per heavy atom. The molecule has 0 bridgehead atoms. The SMILES string of the molecule is O=S(=O)(Cc1ccccc1)N1CCN(Cc2noc3ccccc23)CC1. The smallest absolute Gasteiger partial charge is 0.218 e. The van der Waals surface area contributed by atoms with E-state index >= 15 is 0 Å². The first-order valence-corrected chi connectivity index (χ1v) is 10.3. The van der Waals surface area contributed by atoms with Gasteiger partial charge in [0.15, 0.2) is 5.58 Å². The molecule has 0 radical (unpaired) electrons. The molecule has 0 amide bonds. The van der Waals surface area contributed by atoms with Gasteiger partial charge in [-0.15, -0.1) is 0 Å². The Balaban J connectivity index is 1.38. The average Bonchev–Trinajstić information content (AvgIpc) is 3.06. The van der Waals surface area contributed by atoms with Crippen LogP contribution in [0.25, 0.3) is 11.0 Å². The summed E-state index contributed by atoms with van der Waals surface area (Å²) in [6.45, 7) is 3.06. The van der Waals surface area contributed by atoms with Crippen molar-refractivity contribution in [1.82, 2.24) is 14.4 Å². The van der Waals surface area contributed by atoms with Crippen LogP contribution in [0.15, 0.2) is 59.1 Å². The Morgan fingerprint density at radius 2 is 1.62 bits per heavy atom. The number of benzene rings is 2. The third-order valence-electron chi connectivity index (χ3n) is 4.74. The first-order chi connectivity index (χ1) is 12.6. The number of piperazine rings is 1. The Morgan fingerprint density at radius 3 is 2.38 bits per heavy atom. The molecule has 0 aliphatic carbocycles. The topological polar surface area (TPSA) is 66.7 Å². The molecule has 1 aromatic heterocycles. The van der Waals surface area contributed by atoms with Gasteiger partial charge in [-0.3, -0.25) is 4.90 Å². The Hall–Kier alpha value is -2.22. The third kappa shape index (κ3) is 3.65. The molecule has 3 aromatic rings. The molecule has 1 aliphatic heterocycles. The van der Waals surface area contributed by atoms with E-state index in [0.29, 0.717) is 32.7 Å². The van der Waals surface area contributed by atoms with Gasteiger partial charge in [0.25, 0.3) is 0 Å². The van der Waals surface area contributed by atoms with Gasteiger partial charge in [0.1, 0.15) is 5.69 Å². The van der Waals surface area contributed by atoms with E-state index in [1.54, 1.807) is 4.31 Å². The molecule has 2 aromatic carbocycles. The largest absolute Gasteiger partial charge is 0.356 e. The third-order valence-corrected chi connectivity index (χ3v) is 6.59. The summed E-state index contributed by atoms with van der Waals surface area (Å²) in [6.07, 6.45) is 0. The second-order valence-corrected chi connectivity index (χ2v) is 8.51. The zero-order valence-electron chi connectivity index (χ0n) is 14.4. The number of nitrogens with zero attached hydrogens (tertiary/aromatic N) is 3. The summed E-state index contributed by atoms with van der Waals surface area (Å²) in [5.41, 5.74) is 2.51. The van der Waals surface area contributed by atoms with Crippen LogP contribution in [0.5, 0.6) is 0 Å². The number of fused-ring (bicyclic) bond motifs is 1. The average molecular weight is 371 g/mol. The molecule has 0 spiro atoms. The van der Waals surface area contributed by atoms with Crippen LogP contribution in [0, 0.1) is 0 Å². The lowest BCUT2D eigenvalue weighted by Gasteiger charge is -2.33. The molecular weight excluding hydrogens is 350 g/mol. The highest BCUT2D eigenvalue weighted by atomic mass is 32.2. The Kier molecular flexibility index (Phi) is 4.76. The fraction of sp³-hybridized carbons (Fsp3) is 0.316. The van der Waals surface area contributed by atoms with Crippen molar-refractivity contribution >= 4 is 21.0 Å². The van der Waals surface area contributed by atoms with E-state index in [2.05, 4.69) is 10.1 Å². The number of sulfonamides is 1. The molecule has 1 aliphatic rings. The second-order valence-electron chi connectivity index (χ2n) is 6.54. The number of aromatic nitrogens is 1. The minimum Gasteiger partial charge on any atom is -0.356 e. The maximum atomic E-state index is 12.6. The molecule has 0 N–H and O–H groups in total. The van der Waals surface area contributed by atoms with Gasteiger partial charge in [-0.2, -0.15) is 4.31 Å². The van der Waals surface area contributed by atoms with Crippen molar-refractivity contribution in [3.8, 4) is 0 Å². The van der Waals surface area contributed by atoms with Crippen molar-refractivity contribution in [3.63, 3.8) is 0 Å². The quantitative estimate of drug-likeness (QED) is 0.689. The summed E-state index contributed by atoms with van der Waals surface area (Å²) < 4.78 is 32.2. The predicted molar refractivity (Wildman–Crippen MR) is 99.9 cm³/mol. The molecule has 7 heteroatoms. The lowest BCUT2D eigenvalue weighted by atomic mass is 10.2. The molecule has 0 atom stereocenters. The summed E-state index contributed by atoms with van der Waals surface area (Å²) in [5.74, 6) is 0.0573. The van der Waals surface area contributed by atoms with Crippen molar-refractivity contribution in [3.05, 3.63) is 65.9 Å². The number of rotatable bonds is 5. The molecule has 1 saturated heterocycles. The van der Waals surface area contributed by atoms with E-state index in [4.69, 9.17) is 4.52 Å². The van der Waals surface area contributed by atoms with Crippen LogP contribution in [0.1, 0.15) is 11.3 Å².